The minimum atomic E-state index is -0.952. The number of carbonyl (C=O) groups is 1. The van der Waals surface area contributed by atoms with E-state index in [1.54, 1.807) is 25.4 Å². The van der Waals surface area contributed by atoms with Gasteiger partial charge in [-0.15, -0.1) is 0 Å². The van der Waals surface area contributed by atoms with Crippen molar-refractivity contribution in [1.29, 1.82) is 0 Å². The first-order chi connectivity index (χ1) is 11.0. The number of hydrogen-bond donors (Lipinski definition) is 2. The van der Waals surface area contributed by atoms with Gasteiger partial charge in [-0.05, 0) is 43.7 Å². The lowest BCUT2D eigenvalue weighted by molar-refractivity contribution is 0.0696. The molecule has 0 saturated heterocycles. The minimum absolute atomic E-state index is 0.267. The third kappa shape index (κ3) is 2.57. The molecule has 5 nitrogen and oxygen atoms in total. The van der Waals surface area contributed by atoms with Crippen LogP contribution in [0.2, 0.25) is 0 Å². The number of nitrogens with zero attached hydrogens (tertiary/aromatic N) is 2. The Bertz CT molecular complexity index is 883. The lowest BCUT2D eigenvalue weighted by Gasteiger charge is -2.12. The molecule has 0 aliphatic carbocycles. The number of pyridine rings is 1. The molecular weight excluding hydrogens is 290 g/mol. The predicted octanol–water partition coefficient (Wildman–Crippen LogP) is 3.44. The van der Waals surface area contributed by atoms with Gasteiger partial charge in [0.25, 0.3) is 0 Å². The normalized spacial score (nSPS) is 10.7. The van der Waals surface area contributed by atoms with Crippen molar-refractivity contribution in [3.8, 4) is 16.9 Å². The number of carboxylic acid groups (broad SMARTS) is 1. The van der Waals surface area contributed by atoms with Gasteiger partial charge in [-0.2, -0.15) is 0 Å². The highest BCUT2D eigenvalue weighted by Crippen LogP contribution is 2.31. The number of benzene rings is 1. The molecule has 2 heterocycles. The number of anilines is 1. The predicted molar refractivity (Wildman–Crippen MR) is 89.8 cm³/mol. The maximum atomic E-state index is 11.5. The van der Waals surface area contributed by atoms with Crippen LogP contribution in [0.5, 0.6) is 0 Å². The summed E-state index contributed by atoms with van der Waals surface area (Å²) in [5.74, 6) is -0.952. The van der Waals surface area contributed by atoms with E-state index in [9.17, 15) is 9.90 Å². The summed E-state index contributed by atoms with van der Waals surface area (Å²) in [6.07, 6.45) is 3.39. The molecule has 3 N–H and O–H groups in total. The van der Waals surface area contributed by atoms with Crippen molar-refractivity contribution in [3.63, 3.8) is 0 Å². The summed E-state index contributed by atoms with van der Waals surface area (Å²) in [4.78, 5) is 15.6. The summed E-state index contributed by atoms with van der Waals surface area (Å²) in [6, 6.07) is 11.1. The average molecular weight is 307 g/mol. The zero-order valence-corrected chi connectivity index (χ0v) is 12.9. The SMILES string of the molecule is Cc1ccc(-c2cc(C(=O)O)c(C)n2-c2cccnc2)cc1N. The van der Waals surface area contributed by atoms with E-state index in [4.69, 9.17) is 5.73 Å². The van der Waals surface area contributed by atoms with Gasteiger partial charge in [0.1, 0.15) is 0 Å². The van der Waals surface area contributed by atoms with Crippen molar-refractivity contribution in [3.05, 3.63) is 65.6 Å². The number of carboxylic acids is 1. The Morgan fingerprint density at radius 3 is 2.61 bits per heavy atom. The van der Waals surface area contributed by atoms with E-state index < -0.39 is 5.97 Å². The van der Waals surface area contributed by atoms with Gasteiger partial charge in [0, 0.05) is 23.1 Å². The zero-order chi connectivity index (χ0) is 16.6. The van der Waals surface area contributed by atoms with Gasteiger partial charge in [0.2, 0.25) is 0 Å². The van der Waals surface area contributed by atoms with Crippen LogP contribution in [0.15, 0.2) is 48.8 Å². The first-order valence-electron chi connectivity index (χ1n) is 7.21. The fraction of sp³-hybridized carbons (Fsp3) is 0.111. The summed E-state index contributed by atoms with van der Waals surface area (Å²) in [6.45, 7) is 3.73. The molecule has 0 bridgehead atoms. The van der Waals surface area contributed by atoms with Crippen molar-refractivity contribution in [2.24, 2.45) is 0 Å². The zero-order valence-electron chi connectivity index (χ0n) is 12.9. The smallest absolute Gasteiger partial charge is 0.337 e. The van der Waals surface area contributed by atoms with Gasteiger partial charge >= 0.3 is 5.97 Å². The van der Waals surface area contributed by atoms with Crippen LogP contribution in [-0.4, -0.2) is 20.6 Å². The van der Waals surface area contributed by atoms with Gasteiger partial charge in [-0.1, -0.05) is 12.1 Å². The summed E-state index contributed by atoms with van der Waals surface area (Å²) in [5, 5.41) is 9.44. The van der Waals surface area contributed by atoms with Crippen LogP contribution in [0, 0.1) is 13.8 Å². The van der Waals surface area contributed by atoms with Crippen LogP contribution in [-0.2, 0) is 0 Å². The number of aryl methyl sites for hydroxylation is 1. The number of aromatic carboxylic acids is 1. The standard InChI is InChI=1S/C18H17N3O2/c1-11-5-6-13(8-16(11)19)17-9-15(18(22)23)12(2)21(17)14-4-3-7-20-10-14/h3-10H,19H2,1-2H3,(H,22,23). The monoisotopic (exact) mass is 307 g/mol. The molecular formula is C18H17N3O2. The van der Waals surface area contributed by atoms with Gasteiger partial charge in [-0.25, -0.2) is 4.79 Å². The van der Waals surface area contributed by atoms with E-state index in [1.165, 1.54) is 0 Å². The lowest BCUT2D eigenvalue weighted by atomic mass is 10.1. The van der Waals surface area contributed by atoms with Gasteiger partial charge < -0.3 is 15.4 Å². The molecule has 0 atom stereocenters. The van der Waals surface area contributed by atoms with E-state index >= 15 is 0 Å². The number of nitrogen functional groups attached to an aromatic ring is 1. The Morgan fingerprint density at radius 2 is 2.00 bits per heavy atom. The Labute approximate surface area is 134 Å². The topological polar surface area (TPSA) is 81.1 Å². The molecule has 3 aromatic rings. The Kier molecular flexibility index (Phi) is 3.62. The molecule has 0 aliphatic rings. The molecule has 3 rings (SSSR count). The Balaban J connectivity index is 2.29. The van der Waals surface area contributed by atoms with Crippen molar-refractivity contribution < 1.29 is 9.90 Å². The molecule has 5 heteroatoms. The van der Waals surface area contributed by atoms with Crippen LogP contribution in [0.25, 0.3) is 16.9 Å². The van der Waals surface area contributed by atoms with E-state index in [0.29, 0.717) is 11.4 Å². The molecule has 2 aromatic heterocycles. The van der Waals surface area contributed by atoms with Crippen molar-refractivity contribution >= 4 is 11.7 Å². The quantitative estimate of drug-likeness (QED) is 0.726. The first-order valence-corrected chi connectivity index (χ1v) is 7.21. The molecule has 116 valence electrons. The summed E-state index contributed by atoms with van der Waals surface area (Å²) >= 11 is 0. The van der Waals surface area contributed by atoms with Crippen LogP contribution in [0.4, 0.5) is 5.69 Å². The highest BCUT2D eigenvalue weighted by atomic mass is 16.4. The Morgan fingerprint density at radius 1 is 1.22 bits per heavy atom. The molecule has 1 aromatic carbocycles. The van der Waals surface area contributed by atoms with Crippen molar-refractivity contribution in [2.45, 2.75) is 13.8 Å². The molecule has 0 aliphatic heterocycles. The largest absolute Gasteiger partial charge is 0.478 e. The summed E-state index contributed by atoms with van der Waals surface area (Å²) < 4.78 is 1.89. The van der Waals surface area contributed by atoms with E-state index in [2.05, 4.69) is 4.98 Å². The van der Waals surface area contributed by atoms with Gasteiger partial charge in [-0.3, -0.25) is 4.98 Å². The maximum absolute atomic E-state index is 11.5. The second kappa shape index (κ2) is 5.61. The highest BCUT2D eigenvalue weighted by Gasteiger charge is 2.19. The molecule has 0 fully saturated rings. The molecule has 0 amide bonds. The lowest BCUT2D eigenvalue weighted by Crippen LogP contribution is -2.03. The van der Waals surface area contributed by atoms with E-state index in [-0.39, 0.29) is 5.56 Å². The fourth-order valence-corrected chi connectivity index (χ4v) is 2.65. The molecule has 0 saturated carbocycles. The van der Waals surface area contributed by atoms with Crippen LogP contribution in [0.1, 0.15) is 21.6 Å². The fourth-order valence-electron chi connectivity index (χ4n) is 2.65. The maximum Gasteiger partial charge on any atom is 0.337 e. The second-order valence-electron chi connectivity index (χ2n) is 5.45. The van der Waals surface area contributed by atoms with Gasteiger partial charge in [0.05, 0.1) is 23.1 Å². The molecule has 0 radical (unpaired) electrons. The molecule has 0 spiro atoms. The van der Waals surface area contributed by atoms with Crippen LogP contribution in [0.3, 0.4) is 0 Å². The van der Waals surface area contributed by atoms with E-state index in [1.807, 2.05) is 41.8 Å². The van der Waals surface area contributed by atoms with Crippen molar-refractivity contribution in [1.82, 2.24) is 9.55 Å². The second-order valence-corrected chi connectivity index (χ2v) is 5.45. The number of nitrogens with two attached hydrogens (primary N) is 1. The Hall–Kier alpha value is -3.08. The number of rotatable bonds is 3. The first kappa shape index (κ1) is 14.8. The van der Waals surface area contributed by atoms with Crippen LogP contribution < -0.4 is 5.73 Å². The van der Waals surface area contributed by atoms with Crippen LogP contribution >= 0.6 is 0 Å². The minimum Gasteiger partial charge on any atom is -0.478 e. The summed E-state index contributed by atoms with van der Waals surface area (Å²) in [7, 11) is 0. The third-order valence-electron chi connectivity index (χ3n) is 3.96. The van der Waals surface area contributed by atoms with E-state index in [0.717, 1.165) is 22.5 Å². The number of hydrogen-bond acceptors (Lipinski definition) is 3. The molecule has 23 heavy (non-hydrogen) atoms. The average Bonchev–Trinajstić information content (AvgIpc) is 2.88. The van der Waals surface area contributed by atoms with Crippen molar-refractivity contribution in [2.75, 3.05) is 5.73 Å². The number of aromatic nitrogens is 2. The highest BCUT2D eigenvalue weighted by molar-refractivity contribution is 5.92. The summed E-state index contributed by atoms with van der Waals surface area (Å²) in [5.41, 5.74) is 11.1. The van der Waals surface area contributed by atoms with Gasteiger partial charge in [0.15, 0.2) is 0 Å². The molecule has 0 unspecified atom stereocenters. The third-order valence-corrected chi connectivity index (χ3v) is 3.96.